The number of hydrogen-bond acceptors (Lipinski definition) is 6. The third kappa shape index (κ3) is 4.73. The number of aromatic hydroxyl groups is 1. The van der Waals surface area contributed by atoms with Crippen LogP contribution in [0.25, 0.3) is 6.08 Å². The van der Waals surface area contributed by atoms with E-state index in [2.05, 4.69) is 40.7 Å². The Morgan fingerprint density at radius 2 is 1.61 bits per heavy atom. The summed E-state index contributed by atoms with van der Waals surface area (Å²) in [6, 6.07) is 6.52. The van der Waals surface area contributed by atoms with Crippen molar-refractivity contribution in [3.8, 4) is 5.75 Å². The van der Waals surface area contributed by atoms with Gasteiger partial charge in [-0.3, -0.25) is 4.79 Å². The van der Waals surface area contributed by atoms with Crippen LogP contribution < -0.4 is 0 Å². The number of carbonyl (C=O) groups is 2. The molecule has 0 aliphatic heterocycles. The van der Waals surface area contributed by atoms with Gasteiger partial charge in [-0.2, -0.15) is 0 Å². The van der Waals surface area contributed by atoms with E-state index in [0.29, 0.717) is 12.8 Å². The van der Waals surface area contributed by atoms with Crippen molar-refractivity contribution in [2.45, 2.75) is 112 Å². The lowest BCUT2D eigenvalue weighted by molar-refractivity contribution is -0.247. The van der Waals surface area contributed by atoms with Gasteiger partial charge in [-0.25, -0.2) is 4.79 Å². The number of phenolic OH excluding ortho intramolecular Hbond substituents is 1. The van der Waals surface area contributed by atoms with Gasteiger partial charge in [0.1, 0.15) is 11.9 Å². The maximum absolute atomic E-state index is 13.1. The Kier molecular flexibility index (Phi) is 7.92. The molecule has 6 rings (SSSR count). The minimum atomic E-state index is -1.01. The summed E-state index contributed by atoms with van der Waals surface area (Å²) < 4.78 is 6.02. The zero-order chi connectivity index (χ0) is 33.5. The number of phenols is 1. The number of fused-ring (bicyclic) bond motifs is 7. The summed E-state index contributed by atoms with van der Waals surface area (Å²) in [5, 5.41) is 42.8. The maximum Gasteiger partial charge on any atom is 0.331 e. The molecule has 0 spiro atoms. The molecule has 0 unspecified atom stereocenters. The molecule has 252 valence electrons. The van der Waals surface area contributed by atoms with Gasteiger partial charge in [0.2, 0.25) is 0 Å². The predicted octanol–water partition coefficient (Wildman–Crippen LogP) is 7.15. The van der Waals surface area contributed by atoms with Gasteiger partial charge in [0.05, 0.1) is 18.1 Å². The first-order valence-electron chi connectivity index (χ1n) is 17.4. The molecule has 0 bridgehead atoms. The predicted molar refractivity (Wildman–Crippen MR) is 176 cm³/mol. The lowest BCUT2D eigenvalue weighted by Gasteiger charge is -2.71. The Labute approximate surface area is 274 Å². The van der Waals surface area contributed by atoms with Crippen molar-refractivity contribution >= 4 is 18.0 Å². The zero-order valence-electron chi connectivity index (χ0n) is 28.5. The van der Waals surface area contributed by atoms with Crippen molar-refractivity contribution < 1.29 is 34.8 Å². The van der Waals surface area contributed by atoms with Gasteiger partial charge in [0, 0.05) is 11.5 Å². The van der Waals surface area contributed by atoms with Crippen molar-refractivity contribution in [3.63, 3.8) is 0 Å². The highest BCUT2D eigenvalue weighted by Crippen LogP contribution is 2.75. The first-order valence-corrected chi connectivity index (χ1v) is 17.4. The minimum Gasteiger partial charge on any atom is -0.508 e. The second-order valence-electron chi connectivity index (χ2n) is 17.4. The third-order valence-electron chi connectivity index (χ3n) is 14.7. The zero-order valence-corrected chi connectivity index (χ0v) is 28.5. The molecule has 1 aromatic carbocycles. The standard InChI is InChI=1S/C39H54O7/c1-34(2)17-19-39(33(44)45)20-18-37(5)26(27(39)21-34)12-13-30-35(3)22-28(46-31(42)14-9-24-7-10-25(41)11-8-24)32(43)36(4,23-40)29(35)15-16-38(30,37)6/h7-12,14,27-30,32,40-41,43H,13,15-23H2,1-6H3,(H,44,45)/b14-9+/t27-,28+,29+,30+,32-,35-,36-,37+,38+,39-/m0/s1. The second kappa shape index (κ2) is 10.9. The van der Waals surface area contributed by atoms with Crippen molar-refractivity contribution in [3.05, 3.63) is 47.6 Å². The summed E-state index contributed by atoms with van der Waals surface area (Å²) in [4.78, 5) is 26.1. The van der Waals surface area contributed by atoms with Crippen molar-refractivity contribution in [1.29, 1.82) is 0 Å². The fourth-order valence-corrected chi connectivity index (χ4v) is 11.8. The van der Waals surface area contributed by atoms with E-state index in [9.17, 15) is 30.0 Å². The van der Waals surface area contributed by atoms with Gasteiger partial charge in [-0.15, -0.1) is 0 Å². The highest BCUT2D eigenvalue weighted by molar-refractivity contribution is 5.87. The number of aliphatic hydroxyl groups excluding tert-OH is 2. The normalized spacial score (nSPS) is 44.6. The first-order chi connectivity index (χ1) is 21.5. The van der Waals surface area contributed by atoms with E-state index in [0.717, 1.165) is 50.5 Å². The summed E-state index contributed by atoms with van der Waals surface area (Å²) in [6.07, 6.45) is 10.8. The highest BCUT2D eigenvalue weighted by atomic mass is 16.6. The molecule has 7 nitrogen and oxygen atoms in total. The number of carbonyl (C=O) groups excluding carboxylic acids is 1. The summed E-state index contributed by atoms with van der Waals surface area (Å²) >= 11 is 0. The third-order valence-corrected chi connectivity index (χ3v) is 14.7. The van der Waals surface area contributed by atoms with Crippen molar-refractivity contribution in [2.75, 3.05) is 6.61 Å². The Morgan fingerprint density at radius 1 is 0.935 bits per heavy atom. The molecule has 0 amide bonds. The lowest BCUT2D eigenvalue weighted by Crippen LogP contribution is -2.68. The fraction of sp³-hybridized carbons (Fsp3) is 0.692. The van der Waals surface area contributed by atoms with Crippen LogP contribution in [0.4, 0.5) is 0 Å². The van der Waals surface area contributed by atoms with Gasteiger partial charge < -0.3 is 25.2 Å². The number of hydrogen-bond donors (Lipinski definition) is 4. The highest BCUT2D eigenvalue weighted by Gasteiger charge is 2.71. The molecule has 0 saturated heterocycles. The number of ether oxygens (including phenoxy) is 1. The average molecular weight is 635 g/mol. The smallest absolute Gasteiger partial charge is 0.331 e. The molecule has 10 atom stereocenters. The summed E-state index contributed by atoms with van der Waals surface area (Å²) in [6.45, 7) is 13.4. The number of carboxylic acid groups (broad SMARTS) is 1. The van der Waals surface area contributed by atoms with Crippen LogP contribution in [-0.4, -0.2) is 51.2 Å². The van der Waals surface area contributed by atoms with E-state index in [1.165, 1.54) is 11.6 Å². The maximum atomic E-state index is 13.1. The van der Waals surface area contributed by atoms with Crippen LogP contribution in [0, 0.1) is 50.2 Å². The van der Waals surface area contributed by atoms with Crippen LogP contribution in [0.1, 0.15) is 105 Å². The van der Waals surface area contributed by atoms with Gasteiger partial charge >= 0.3 is 11.9 Å². The Hall–Kier alpha value is -2.64. The monoisotopic (exact) mass is 634 g/mol. The average Bonchev–Trinajstić information content (AvgIpc) is 2.99. The van der Waals surface area contributed by atoms with E-state index in [1.807, 2.05) is 6.92 Å². The first kappa shape index (κ1) is 33.3. The van der Waals surface area contributed by atoms with Crippen LogP contribution in [0.2, 0.25) is 0 Å². The molecule has 0 heterocycles. The second-order valence-corrected chi connectivity index (χ2v) is 17.4. The number of aliphatic carboxylic acids is 1. The number of benzene rings is 1. The molecule has 5 aliphatic carbocycles. The van der Waals surface area contributed by atoms with Crippen LogP contribution in [0.5, 0.6) is 5.75 Å². The molecule has 4 fully saturated rings. The molecule has 0 radical (unpaired) electrons. The lowest BCUT2D eigenvalue weighted by atomic mass is 9.33. The number of aliphatic hydroxyl groups is 2. The molecule has 5 aliphatic rings. The largest absolute Gasteiger partial charge is 0.508 e. The molecule has 7 heteroatoms. The quantitative estimate of drug-likeness (QED) is 0.154. The van der Waals surface area contributed by atoms with Crippen molar-refractivity contribution in [1.82, 2.24) is 0 Å². The van der Waals surface area contributed by atoms with Crippen molar-refractivity contribution in [2.24, 2.45) is 50.2 Å². The minimum absolute atomic E-state index is 0.0285. The molecule has 1 aromatic rings. The number of carboxylic acids is 1. The SMILES string of the molecule is CC1(C)CC[C@]2(C(=O)O)CC[C@]3(C)C(=CC[C@@H]4[C@@]5(C)C[C@@H](OC(=O)/C=C/c6ccc(O)cc6)[C@H](O)[C@@](C)(CO)[C@@H]5CC[C@]43C)[C@@H]2C1. The molecular formula is C39H54O7. The number of esters is 1. The van der Waals surface area contributed by atoms with E-state index in [-0.39, 0.29) is 51.8 Å². The molecule has 4 N–H and O–H groups in total. The topological polar surface area (TPSA) is 124 Å². The van der Waals surface area contributed by atoms with E-state index in [1.54, 1.807) is 30.3 Å². The number of rotatable bonds is 5. The van der Waals surface area contributed by atoms with Gasteiger partial charge in [-0.05, 0) is 121 Å². The Morgan fingerprint density at radius 3 is 2.26 bits per heavy atom. The van der Waals surface area contributed by atoms with Gasteiger partial charge in [0.15, 0.2) is 0 Å². The van der Waals surface area contributed by atoms with E-state index < -0.39 is 35.0 Å². The molecule has 46 heavy (non-hydrogen) atoms. The number of allylic oxidation sites excluding steroid dienone is 2. The van der Waals surface area contributed by atoms with E-state index >= 15 is 0 Å². The van der Waals surface area contributed by atoms with Crippen LogP contribution in [0.3, 0.4) is 0 Å². The van der Waals surface area contributed by atoms with Gasteiger partial charge in [-0.1, -0.05) is 65.3 Å². The Balaban J connectivity index is 1.34. The summed E-state index contributed by atoms with van der Waals surface area (Å²) in [5.41, 5.74) is 0.0668. The molecule has 4 saturated carbocycles. The van der Waals surface area contributed by atoms with Crippen LogP contribution >= 0.6 is 0 Å². The van der Waals surface area contributed by atoms with Crippen LogP contribution in [0.15, 0.2) is 42.0 Å². The molecule has 0 aromatic heterocycles. The fourth-order valence-electron chi connectivity index (χ4n) is 11.8. The van der Waals surface area contributed by atoms with Gasteiger partial charge in [0.25, 0.3) is 0 Å². The molecular weight excluding hydrogens is 580 g/mol. The Bertz CT molecular complexity index is 1440. The summed E-state index contributed by atoms with van der Waals surface area (Å²) in [5.74, 6) is -0.758. The summed E-state index contributed by atoms with van der Waals surface area (Å²) in [7, 11) is 0. The van der Waals surface area contributed by atoms with E-state index in [4.69, 9.17) is 4.74 Å². The van der Waals surface area contributed by atoms with Crippen LogP contribution in [-0.2, 0) is 14.3 Å².